The van der Waals surface area contributed by atoms with Crippen molar-refractivity contribution < 1.29 is 0 Å². The summed E-state index contributed by atoms with van der Waals surface area (Å²) in [5, 5.41) is 3.84. The Morgan fingerprint density at radius 2 is 0.815 bits per heavy atom. The van der Waals surface area contributed by atoms with Crippen LogP contribution in [0.5, 0.6) is 0 Å². The average molecular weight is 382 g/mol. The Bertz CT molecular complexity index is 304. The van der Waals surface area contributed by atoms with Crippen LogP contribution in [-0.2, 0) is 0 Å². The van der Waals surface area contributed by atoms with E-state index < -0.39 is 0 Å². The topological polar surface area (TPSA) is 12.0 Å². The van der Waals surface area contributed by atoms with Gasteiger partial charge in [0.05, 0.1) is 0 Å². The molecule has 0 heterocycles. The molecule has 1 atom stereocenters. The Balaban J connectivity index is 3.30. The van der Waals surface area contributed by atoms with Gasteiger partial charge < -0.3 is 5.32 Å². The third-order valence-corrected chi connectivity index (χ3v) is 6.91. The van der Waals surface area contributed by atoms with Crippen LogP contribution >= 0.6 is 0 Å². The monoisotopic (exact) mass is 381 g/mol. The number of nitrogens with one attached hydrogen (secondary N) is 1. The van der Waals surface area contributed by atoms with Crippen LogP contribution in [0.3, 0.4) is 0 Å². The van der Waals surface area contributed by atoms with Crippen molar-refractivity contribution >= 4 is 0 Å². The highest BCUT2D eigenvalue weighted by molar-refractivity contribution is 4.92. The first-order valence-electron chi connectivity index (χ1n) is 12.6. The molecule has 0 bridgehead atoms. The first kappa shape index (κ1) is 27.0. The smallest absolute Gasteiger partial charge is 0.0199 e. The second-order valence-electron chi connectivity index (χ2n) is 10.2. The Hall–Kier alpha value is -0.0400. The van der Waals surface area contributed by atoms with Gasteiger partial charge in [0.1, 0.15) is 0 Å². The molecule has 1 heteroatoms. The highest BCUT2D eigenvalue weighted by atomic mass is 15.0. The maximum absolute atomic E-state index is 3.84. The predicted molar refractivity (Wildman–Crippen MR) is 126 cm³/mol. The van der Waals surface area contributed by atoms with E-state index in [1.807, 2.05) is 0 Å². The summed E-state index contributed by atoms with van der Waals surface area (Å²) >= 11 is 0. The van der Waals surface area contributed by atoms with Gasteiger partial charge in [0.15, 0.2) is 0 Å². The molecular weight excluding hydrogens is 326 g/mol. The fourth-order valence-electron chi connectivity index (χ4n) is 3.96. The van der Waals surface area contributed by atoms with Crippen LogP contribution in [0, 0.1) is 5.41 Å². The van der Waals surface area contributed by atoms with Crippen LogP contribution in [0.25, 0.3) is 0 Å². The number of hydrogen-bond donors (Lipinski definition) is 1. The molecule has 0 saturated carbocycles. The van der Waals surface area contributed by atoms with Crippen molar-refractivity contribution in [1.82, 2.24) is 5.32 Å². The standard InChI is InChI=1S/C26H55N/c1-7-9-10-11-12-13-14-15-16-17-18-19-20-21-22-23-24-27-26(6,8-2)25(3,4)5/h27H,7-24H2,1-6H3. The molecule has 1 unspecified atom stereocenters. The molecule has 0 amide bonds. The summed E-state index contributed by atoms with van der Waals surface area (Å²) in [6, 6.07) is 0. The Morgan fingerprint density at radius 1 is 0.481 bits per heavy atom. The number of rotatable bonds is 19. The lowest BCUT2D eigenvalue weighted by molar-refractivity contribution is 0.150. The zero-order chi connectivity index (χ0) is 20.4. The molecule has 164 valence electrons. The largest absolute Gasteiger partial charge is 0.311 e. The van der Waals surface area contributed by atoms with Gasteiger partial charge in [-0.15, -0.1) is 0 Å². The van der Waals surface area contributed by atoms with E-state index in [1.165, 1.54) is 116 Å². The average Bonchev–Trinajstić information content (AvgIpc) is 2.63. The molecule has 0 spiro atoms. The van der Waals surface area contributed by atoms with Gasteiger partial charge in [-0.25, -0.2) is 0 Å². The minimum atomic E-state index is 0.266. The number of hydrogen-bond acceptors (Lipinski definition) is 1. The van der Waals surface area contributed by atoms with E-state index in [0.717, 1.165) is 0 Å². The summed E-state index contributed by atoms with van der Waals surface area (Å²) in [5.74, 6) is 0. The molecule has 0 aliphatic carbocycles. The highest BCUT2D eigenvalue weighted by Crippen LogP contribution is 2.32. The molecule has 1 nitrogen and oxygen atoms in total. The predicted octanol–water partition coefficient (Wildman–Crippen LogP) is 9.05. The molecule has 0 rings (SSSR count). The summed E-state index contributed by atoms with van der Waals surface area (Å²) in [6.07, 6.45) is 24.3. The van der Waals surface area contributed by atoms with Gasteiger partial charge in [0, 0.05) is 5.54 Å². The van der Waals surface area contributed by atoms with Crippen molar-refractivity contribution in [3.05, 3.63) is 0 Å². The fourth-order valence-corrected chi connectivity index (χ4v) is 3.96. The maximum Gasteiger partial charge on any atom is 0.0199 e. The molecule has 1 N–H and O–H groups in total. The highest BCUT2D eigenvalue weighted by Gasteiger charge is 2.34. The summed E-state index contributed by atoms with van der Waals surface area (Å²) in [5.41, 5.74) is 0.597. The minimum Gasteiger partial charge on any atom is -0.311 e. The Labute approximate surface area is 173 Å². The molecule has 0 radical (unpaired) electrons. The zero-order valence-electron chi connectivity index (χ0n) is 20.2. The quantitative estimate of drug-likeness (QED) is 0.220. The lowest BCUT2D eigenvalue weighted by atomic mass is 9.73. The van der Waals surface area contributed by atoms with E-state index in [1.54, 1.807) is 0 Å². The van der Waals surface area contributed by atoms with Gasteiger partial charge in [0.2, 0.25) is 0 Å². The second kappa shape index (κ2) is 16.9. The lowest BCUT2D eigenvalue weighted by Crippen LogP contribution is -2.52. The van der Waals surface area contributed by atoms with Gasteiger partial charge in [-0.1, -0.05) is 131 Å². The van der Waals surface area contributed by atoms with Crippen LogP contribution in [0.4, 0.5) is 0 Å². The van der Waals surface area contributed by atoms with E-state index in [2.05, 4.69) is 46.9 Å². The van der Waals surface area contributed by atoms with E-state index in [9.17, 15) is 0 Å². The van der Waals surface area contributed by atoms with Crippen LogP contribution in [0.2, 0.25) is 0 Å². The van der Waals surface area contributed by atoms with Crippen molar-refractivity contribution in [2.24, 2.45) is 5.41 Å². The molecule has 0 aliphatic heterocycles. The van der Waals surface area contributed by atoms with Gasteiger partial charge in [-0.3, -0.25) is 0 Å². The lowest BCUT2D eigenvalue weighted by Gasteiger charge is -2.42. The van der Waals surface area contributed by atoms with Crippen LogP contribution < -0.4 is 5.32 Å². The normalized spacial score (nSPS) is 14.4. The van der Waals surface area contributed by atoms with Crippen LogP contribution in [-0.4, -0.2) is 12.1 Å². The molecule has 27 heavy (non-hydrogen) atoms. The maximum atomic E-state index is 3.84. The summed E-state index contributed by atoms with van der Waals surface area (Å²) in [4.78, 5) is 0. The molecule has 0 aromatic rings. The van der Waals surface area contributed by atoms with Crippen molar-refractivity contribution in [2.45, 2.75) is 156 Å². The fraction of sp³-hybridized carbons (Fsp3) is 1.00. The van der Waals surface area contributed by atoms with Gasteiger partial charge in [-0.05, 0) is 31.7 Å². The summed E-state index contributed by atoms with van der Waals surface area (Å²) in [6.45, 7) is 15.3. The molecule has 0 fully saturated rings. The first-order valence-corrected chi connectivity index (χ1v) is 12.6. The van der Waals surface area contributed by atoms with Crippen LogP contribution in [0.15, 0.2) is 0 Å². The van der Waals surface area contributed by atoms with E-state index in [0.29, 0.717) is 5.41 Å². The molecule has 0 aliphatic rings. The molecular formula is C26H55N. The summed E-state index contributed by atoms with van der Waals surface area (Å²) in [7, 11) is 0. The SMILES string of the molecule is CCCCCCCCCCCCCCCCCCNC(C)(CC)C(C)(C)C. The first-order chi connectivity index (χ1) is 12.9. The third-order valence-electron chi connectivity index (χ3n) is 6.91. The molecule has 0 aromatic carbocycles. The molecule has 0 aromatic heterocycles. The van der Waals surface area contributed by atoms with Gasteiger partial charge in [0.25, 0.3) is 0 Å². The van der Waals surface area contributed by atoms with E-state index >= 15 is 0 Å². The van der Waals surface area contributed by atoms with E-state index in [4.69, 9.17) is 0 Å². The zero-order valence-corrected chi connectivity index (χ0v) is 20.2. The third kappa shape index (κ3) is 14.6. The molecule has 0 saturated heterocycles. The number of unbranched alkanes of at least 4 members (excludes halogenated alkanes) is 15. The van der Waals surface area contributed by atoms with Gasteiger partial charge >= 0.3 is 0 Å². The minimum absolute atomic E-state index is 0.266. The Morgan fingerprint density at radius 3 is 1.11 bits per heavy atom. The van der Waals surface area contributed by atoms with Crippen molar-refractivity contribution in [3.8, 4) is 0 Å². The van der Waals surface area contributed by atoms with Crippen molar-refractivity contribution in [1.29, 1.82) is 0 Å². The Kier molecular flexibility index (Phi) is 16.8. The van der Waals surface area contributed by atoms with Crippen LogP contribution in [0.1, 0.15) is 151 Å². The van der Waals surface area contributed by atoms with E-state index in [-0.39, 0.29) is 5.54 Å². The second-order valence-corrected chi connectivity index (χ2v) is 10.2. The van der Waals surface area contributed by atoms with Crippen molar-refractivity contribution in [3.63, 3.8) is 0 Å². The van der Waals surface area contributed by atoms with Gasteiger partial charge in [-0.2, -0.15) is 0 Å². The van der Waals surface area contributed by atoms with Crippen molar-refractivity contribution in [2.75, 3.05) is 6.54 Å². The summed E-state index contributed by atoms with van der Waals surface area (Å²) < 4.78 is 0.